The van der Waals surface area contributed by atoms with Gasteiger partial charge in [0, 0.05) is 12.3 Å². The number of rotatable bonds is 6. The van der Waals surface area contributed by atoms with Gasteiger partial charge in [-0.1, -0.05) is 12.1 Å². The third kappa shape index (κ3) is 5.07. The number of nitrogens with one attached hydrogen (secondary N) is 1. The number of hydrogen-bond donors (Lipinski definition) is 1. The standard InChI is InChI=1S/C15H18N4OS/c1-3-16-19-13-7-4-12(5-8-13)6-9-14-10-21-15(18-14)17-11(2)20/h4-5,7-8,10H,3,6,9H2,1-2H3,(H,17,18,20). The van der Waals surface area contributed by atoms with Gasteiger partial charge >= 0.3 is 0 Å². The lowest BCUT2D eigenvalue weighted by molar-refractivity contribution is -0.114. The maximum Gasteiger partial charge on any atom is 0.223 e. The molecule has 1 N–H and O–H groups in total. The van der Waals surface area contributed by atoms with Crippen molar-refractivity contribution in [2.24, 2.45) is 10.2 Å². The highest BCUT2D eigenvalue weighted by Gasteiger charge is 2.04. The van der Waals surface area contributed by atoms with E-state index >= 15 is 0 Å². The molecule has 6 heteroatoms. The van der Waals surface area contributed by atoms with Gasteiger partial charge in [0.05, 0.1) is 17.9 Å². The topological polar surface area (TPSA) is 66.7 Å². The van der Waals surface area contributed by atoms with Crippen LogP contribution in [0.1, 0.15) is 25.1 Å². The average Bonchev–Trinajstić information content (AvgIpc) is 2.91. The van der Waals surface area contributed by atoms with E-state index < -0.39 is 0 Å². The summed E-state index contributed by atoms with van der Waals surface area (Å²) in [6.07, 6.45) is 1.76. The zero-order valence-corrected chi connectivity index (χ0v) is 13.0. The van der Waals surface area contributed by atoms with Crippen molar-refractivity contribution in [3.05, 3.63) is 40.9 Å². The third-order valence-corrected chi connectivity index (χ3v) is 3.58. The predicted octanol–water partition coefficient (Wildman–Crippen LogP) is 3.99. The Bertz CT molecular complexity index is 619. The van der Waals surface area contributed by atoms with Crippen LogP contribution >= 0.6 is 11.3 Å². The normalized spacial score (nSPS) is 11.0. The number of nitrogens with zero attached hydrogens (tertiary/aromatic N) is 3. The molecule has 1 heterocycles. The van der Waals surface area contributed by atoms with Crippen molar-refractivity contribution < 1.29 is 4.79 Å². The van der Waals surface area contributed by atoms with Crippen molar-refractivity contribution in [2.75, 3.05) is 11.9 Å². The van der Waals surface area contributed by atoms with Crippen LogP contribution in [-0.4, -0.2) is 17.4 Å². The van der Waals surface area contributed by atoms with E-state index in [2.05, 4.69) is 32.7 Å². The number of carbonyl (C=O) groups is 1. The molecule has 5 nitrogen and oxygen atoms in total. The largest absolute Gasteiger partial charge is 0.302 e. The van der Waals surface area contributed by atoms with Gasteiger partial charge in [-0.25, -0.2) is 4.98 Å². The maximum absolute atomic E-state index is 10.9. The fourth-order valence-corrected chi connectivity index (χ4v) is 2.57. The summed E-state index contributed by atoms with van der Waals surface area (Å²) in [5.41, 5.74) is 3.11. The molecular formula is C15H18N4OS. The molecular weight excluding hydrogens is 284 g/mol. The van der Waals surface area contributed by atoms with Gasteiger partial charge in [0.25, 0.3) is 0 Å². The minimum atomic E-state index is -0.0901. The molecule has 0 saturated heterocycles. The second-order valence-corrected chi connectivity index (χ2v) is 5.41. The summed E-state index contributed by atoms with van der Waals surface area (Å²) in [6, 6.07) is 8.06. The summed E-state index contributed by atoms with van der Waals surface area (Å²) >= 11 is 1.45. The van der Waals surface area contributed by atoms with E-state index in [-0.39, 0.29) is 5.91 Å². The molecule has 0 fully saturated rings. The number of benzene rings is 1. The molecule has 21 heavy (non-hydrogen) atoms. The molecule has 0 aliphatic rings. The van der Waals surface area contributed by atoms with Crippen LogP contribution in [0.25, 0.3) is 0 Å². The molecule has 0 unspecified atom stereocenters. The van der Waals surface area contributed by atoms with E-state index in [1.807, 2.05) is 24.4 Å². The lowest BCUT2D eigenvalue weighted by Crippen LogP contribution is -2.05. The highest BCUT2D eigenvalue weighted by molar-refractivity contribution is 7.13. The van der Waals surface area contributed by atoms with Gasteiger partial charge in [-0.15, -0.1) is 11.3 Å². The Morgan fingerprint density at radius 1 is 1.29 bits per heavy atom. The monoisotopic (exact) mass is 302 g/mol. The van der Waals surface area contributed by atoms with Crippen molar-refractivity contribution in [2.45, 2.75) is 26.7 Å². The molecule has 1 aromatic carbocycles. The highest BCUT2D eigenvalue weighted by atomic mass is 32.1. The van der Waals surface area contributed by atoms with Crippen molar-refractivity contribution in [1.29, 1.82) is 0 Å². The summed E-state index contributed by atoms with van der Waals surface area (Å²) in [6.45, 7) is 4.14. The third-order valence-electron chi connectivity index (χ3n) is 2.77. The van der Waals surface area contributed by atoms with Gasteiger partial charge < -0.3 is 5.32 Å². The Labute approximate surface area is 128 Å². The van der Waals surface area contributed by atoms with Gasteiger partial charge in [-0.05, 0) is 37.5 Å². The smallest absolute Gasteiger partial charge is 0.223 e. The first kappa shape index (κ1) is 15.3. The van der Waals surface area contributed by atoms with Crippen LogP contribution in [-0.2, 0) is 17.6 Å². The van der Waals surface area contributed by atoms with Crippen molar-refractivity contribution in [3.8, 4) is 0 Å². The maximum atomic E-state index is 10.9. The second-order valence-electron chi connectivity index (χ2n) is 4.55. The number of aromatic nitrogens is 1. The quantitative estimate of drug-likeness (QED) is 0.820. The molecule has 0 aliphatic heterocycles. The van der Waals surface area contributed by atoms with E-state index in [1.165, 1.54) is 23.8 Å². The molecule has 0 spiro atoms. The minimum Gasteiger partial charge on any atom is -0.302 e. The van der Waals surface area contributed by atoms with Crippen LogP contribution in [0.4, 0.5) is 10.8 Å². The van der Waals surface area contributed by atoms with E-state index in [4.69, 9.17) is 0 Å². The summed E-state index contributed by atoms with van der Waals surface area (Å²) in [5.74, 6) is -0.0901. The SMILES string of the molecule is CCN=Nc1ccc(CCc2csc(NC(C)=O)n2)cc1. The first-order chi connectivity index (χ1) is 10.2. The molecule has 0 aliphatic carbocycles. The number of azo groups is 1. The number of aryl methyl sites for hydroxylation is 2. The molecule has 2 aromatic rings. The van der Waals surface area contributed by atoms with Crippen LogP contribution in [0.15, 0.2) is 39.9 Å². The van der Waals surface area contributed by atoms with E-state index in [0.29, 0.717) is 11.7 Å². The molecule has 0 bridgehead atoms. The minimum absolute atomic E-state index is 0.0901. The van der Waals surface area contributed by atoms with Crippen LogP contribution in [0.3, 0.4) is 0 Å². The summed E-state index contributed by atoms with van der Waals surface area (Å²) in [4.78, 5) is 15.3. The first-order valence-electron chi connectivity index (χ1n) is 6.86. The Kier molecular flexibility index (Phi) is 5.57. The average molecular weight is 302 g/mol. The fraction of sp³-hybridized carbons (Fsp3) is 0.333. The number of anilines is 1. The number of thiazole rings is 1. The van der Waals surface area contributed by atoms with Crippen LogP contribution in [0.2, 0.25) is 0 Å². The molecule has 0 radical (unpaired) electrons. The van der Waals surface area contributed by atoms with Crippen LogP contribution in [0.5, 0.6) is 0 Å². The van der Waals surface area contributed by atoms with E-state index in [0.717, 1.165) is 24.2 Å². The Morgan fingerprint density at radius 3 is 2.71 bits per heavy atom. The number of hydrogen-bond acceptors (Lipinski definition) is 5. The number of carbonyl (C=O) groups excluding carboxylic acids is 1. The second kappa shape index (κ2) is 7.64. The molecule has 110 valence electrons. The van der Waals surface area contributed by atoms with E-state index in [9.17, 15) is 4.79 Å². The lowest BCUT2D eigenvalue weighted by Gasteiger charge is -2.00. The van der Waals surface area contributed by atoms with Crippen LogP contribution < -0.4 is 5.32 Å². The fourth-order valence-electron chi connectivity index (χ4n) is 1.78. The molecule has 0 atom stereocenters. The summed E-state index contributed by atoms with van der Waals surface area (Å²) in [5, 5.41) is 13.4. The van der Waals surface area contributed by atoms with Gasteiger partial charge in [-0.2, -0.15) is 10.2 Å². The Hall–Kier alpha value is -2.08. The molecule has 2 rings (SSSR count). The zero-order chi connectivity index (χ0) is 15.1. The van der Waals surface area contributed by atoms with Gasteiger partial charge in [0.1, 0.15) is 0 Å². The van der Waals surface area contributed by atoms with Crippen molar-refractivity contribution in [1.82, 2.24) is 4.98 Å². The Balaban J connectivity index is 1.89. The zero-order valence-electron chi connectivity index (χ0n) is 12.2. The molecule has 1 aromatic heterocycles. The van der Waals surface area contributed by atoms with Crippen molar-refractivity contribution >= 4 is 28.1 Å². The van der Waals surface area contributed by atoms with Gasteiger partial charge in [-0.3, -0.25) is 4.79 Å². The lowest BCUT2D eigenvalue weighted by atomic mass is 10.1. The van der Waals surface area contributed by atoms with Crippen LogP contribution in [0, 0.1) is 0 Å². The van der Waals surface area contributed by atoms with Crippen molar-refractivity contribution in [3.63, 3.8) is 0 Å². The van der Waals surface area contributed by atoms with Gasteiger partial charge in [0.2, 0.25) is 5.91 Å². The van der Waals surface area contributed by atoms with E-state index in [1.54, 1.807) is 0 Å². The summed E-state index contributed by atoms with van der Waals surface area (Å²) < 4.78 is 0. The molecule has 0 saturated carbocycles. The molecule has 1 amide bonds. The number of amides is 1. The summed E-state index contributed by atoms with van der Waals surface area (Å²) in [7, 11) is 0. The van der Waals surface area contributed by atoms with Gasteiger partial charge in [0.15, 0.2) is 5.13 Å². The first-order valence-corrected chi connectivity index (χ1v) is 7.73. The predicted molar refractivity (Wildman–Crippen MR) is 85.3 cm³/mol. The Morgan fingerprint density at radius 2 is 2.05 bits per heavy atom. The highest BCUT2D eigenvalue weighted by Crippen LogP contribution is 2.18.